The summed E-state index contributed by atoms with van der Waals surface area (Å²) in [6.45, 7) is 7.26. The highest BCUT2D eigenvalue weighted by Crippen LogP contribution is 2.28. The van der Waals surface area contributed by atoms with Crippen LogP contribution in [0.25, 0.3) is 0 Å². The molecule has 1 aromatic rings. The molecule has 2 aliphatic heterocycles. The van der Waals surface area contributed by atoms with E-state index in [2.05, 4.69) is 0 Å². The Bertz CT molecular complexity index is 642. The first-order chi connectivity index (χ1) is 11.4. The Morgan fingerprint density at radius 3 is 1.92 bits per heavy atom. The zero-order chi connectivity index (χ0) is 17.3. The van der Waals surface area contributed by atoms with Crippen LogP contribution < -0.4 is 0 Å². The Kier molecular flexibility index (Phi) is 5.27. The van der Waals surface area contributed by atoms with E-state index in [-0.39, 0.29) is 24.4 Å². The summed E-state index contributed by atoms with van der Waals surface area (Å²) in [6.07, 6.45) is -0.561. The lowest BCUT2D eigenvalue weighted by atomic mass is 10.1. The Hall–Kier alpha value is -0.990. The topological polar surface area (TPSA) is 59.1 Å². The number of ether oxygens (including phenoxy) is 2. The normalized spacial score (nSPS) is 33.5. The van der Waals surface area contributed by atoms with Crippen molar-refractivity contribution in [3.8, 4) is 0 Å². The van der Waals surface area contributed by atoms with Crippen LogP contribution in [0, 0.1) is 0 Å². The highest BCUT2D eigenvalue weighted by molar-refractivity contribution is 7.86. The third-order valence-corrected chi connectivity index (χ3v) is 6.34. The van der Waals surface area contributed by atoms with Crippen LogP contribution in [0.1, 0.15) is 32.4 Å². The van der Waals surface area contributed by atoms with E-state index in [0.717, 1.165) is 5.56 Å². The van der Waals surface area contributed by atoms with Gasteiger partial charge >= 0.3 is 0 Å². The zero-order valence-corrected chi connectivity index (χ0v) is 15.3. The van der Waals surface area contributed by atoms with Crippen LogP contribution in [0.5, 0.6) is 0 Å². The van der Waals surface area contributed by atoms with Crippen molar-refractivity contribution in [1.29, 1.82) is 0 Å². The van der Waals surface area contributed by atoms with E-state index in [1.807, 2.05) is 51.1 Å². The maximum Gasteiger partial charge on any atom is 0.282 e. The van der Waals surface area contributed by atoms with Gasteiger partial charge in [0.25, 0.3) is 10.2 Å². The quantitative estimate of drug-likeness (QED) is 0.831. The van der Waals surface area contributed by atoms with Crippen LogP contribution in [-0.4, -0.2) is 61.5 Å². The summed E-state index contributed by atoms with van der Waals surface area (Å²) in [5.41, 5.74) is 1.01. The fourth-order valence-electron chi connectivity index (χ4n) is 3.44. The monoisotopic (exact) mass is 354 g/mol. The smallest absolute Gasteiger partial charge is 0.282 e. The first-order valence-corrected chi connectivity index (χ1v) is 9.87. The van der Waals surface area contributed by atoms with Crippen LogP contribution in [0.15, 0.2) is 30.3 Å². The first-order valence-electron chi connectivity index (χ1n) is 8.47. The highest BCUT2D eigenvalue weighted by atomic mass is 32.2. The molecule has 0 saturated carbocycles. The molecule has 3 rings (SSSR count). The average Bonchev–Trinajstić information content (AvgIpc) is 2.54. The molecule has 2 saturated heterocycles. The Morgan fingerprint density at radius 1 is 0.833 bits per heavy atom. The molecule has 0 aromatic heterocycles. The second-order valence-corrected chi connectivity index (χ2v) is 8.67. The average molecular weight is 354 g/mol. The van der Waals surface area contributed by atoms with Crippen molar-refractivity contribution in [2.75, 3.05) is 26.2 Å². The SMILES string of the molecule is CC1CN(S(=O)(=O)N2CC(C)OC(c3ccccc3)C2)CC(C)O1. The van der Waals surface area contributed by atoms with Crippen LogP contribution in [-0.2, 0) is 19.7 Å². The summed E-state index contributed by atoms with van der Waals surface area (Å²) in [5.74, 6) is 0. The Balaban J connectivity index is 1.79. The second-order valence-electron chi connectivity index (χ2n) is 6.75. The third-order valence-electron chi connectivity index (χ3n) is 4.44. The highest BCUT2D eigenvalue weighted by Gasteiger charge is 2.39. The predicted octanol–water partition coefficient (Wildman–Crippen LogP) is 1.80. The molecule has 0 bridgehead atoms. The van der Waals surface area contributed by atoms with Crippen LogP contribution in [0.4, 0.5) is 0 Å². The van der Waals surface area contributed by atoms with Crippen molar-refractivity contribution in [1.82, 2.24) is 8.61 Å². The number of rotatable bonds is 3. The summed E-state index contributed by atoms with van der Waals surface area (Å²) in [6, 6.07) is 9.80. The molecule has 0 amide bonds. The van der Waals surface area contributed by atoms with Gasteiger partial charge in [-0.1, -0.05) is 30.3 Å². The van der Waals surface area contributed by atoms with Gasteiger partial charge in [0.15, 0.2) is 0 Å². The Morgan fingerprint density at radius 2 is 1.33 bits per heavy atom. The summed E-state index contributed by atoms with van der Waals surface area (Å²) in [7, 11) is -3.52. The molecule has 0 aliphatic carbocycles. The van der Waals surface area contributed by atoms with Gasteiger partial charge in [0.1, 0.15) is 0 Å². The minimum absolute atomic E-state index is 0.0908. The van der Waals surface area contributed by atoms with Gasteiger partial charge in [-0.2, -0.15) is 17.0 Å². The van der Waals surface area contributed by atoms with E-state index >= 15 is 0 Å². The van der Waals surface area contributed by atoms with Crippen molar-refractivity contribution in [3.05, 3.63) is 35.9 Å². The lowest BCUT2D eigenvalue weighted by molar-refractivity contribution is -0.0637. The van der Waals surface area contributed by atoms with Gasteiger partial charge in [0.2, 0.25) is 0 Å². The third kappa shape index (κ3) is 3.81. The van der Waals surface area contributed by atoms with E-state index in [1.54, 1.807) is 8.61 Å². The Labute approximate surface area is 144 Å². The molecule has 0 spiro atoms. The van der Waals surface area contributed by atoms with Gasteiger partial charge in [0.05, 0.1) is 24.4 Å². The lowest BCUT2D eigenvalue weighted by Crippen LogP contribution is -2.56. The van der Waals surface area contributed by atoms with Crippen LogP contribution in [0.2, 0.25) is 0 Å². The van der Waals surface area contributed by atoms with Gasteiger partial charge in [-0.15, -0.1) is 0 Å². The van der Waals surface area contributed by atoms with Crippen LogP contribution in [0.3, 0.4) is 0 Å². The molecule has 1 aromatic carbocycles. The lowest BCUT2D eigenvalue weighted by Gasteiger charge is -2.41. The molecule has 134 valence electrons. The first kappa shape index (κ1) is 17.8. The molecule has 2 fully saturated rings. The van der Waals surface area contributed by atoms with E-state index in [4.69, 9.17) is 9.47 Å². The van der Waals surface area contributed by atoms with Crippen molar-refractivity contribution < 1.29 is 17.9 Å². The van der Waals surface area contributed by atoms with Crippen molar-refractivity contribution >= 4 is 10.2 Å². The van der Waals surface area contributed by atoms with Crippen molar-refractivity contribution in [3.63, 3.8) is 0 Å². The van der Waals surface area contributed by atoms with Gasteiger partial charge in [-0.25, -0.2) is 0 Å². The van der Waals surface area contributed by atoms with E-state index in [0.29, 0.717) is 26.2 Å². The summed E-state index contributed by atoms with van der Waals surface area (Å²) < 4.78 is 40.9. The molecule has 7 heteroatoms. The molecule has 2 heterocycles. The maximum atomic E-state index is 13.1. The molecule has 4 unspecified atom stereocenters. The zero-order valence-electron chi connectivity index (χ0n) is 14.5. The summed E-state index contributed by atoms with van der Waals surface area (Å²) in [4.78, 5) is 0. The second kappa shape index (κ2) is 7.09. The van der Waals surface area contributed by atoms with Crippen LogP contribution >= 0.6 is 0 Å². The number of hydrogen-bond acceptors (Lipinski definition) is 4. The number of nitrogens with zero attached hydrogens (tertiary/aromatic N) is 2. The fourth-order valence-corrected chi connectivity index (χ4v) is 5.28. The number of benzene rings is 1. The van der Waals surface area contributed by atoms with E-state index in [1.165, 1.54) is 0 Å². The minimum atomic E-state index is -3.52. The molecular weight excluding hydrogens is 328 g/mol. The minimum Gasteiger partial charge on any atom is -0.373 e. The van der Waals surface area contributed by atoms with Gasteiger partial charge in [0, 0.05) is 26.2 Å². The molecule has 0 radical (unpaired) electrons. The summed E-state index contributed by atoms with van der Waals surface area (Å²) in [5, 5.41) is 0. The van der Waals surface area contributed by atoms with Gasteiger partial charge < -0.3 is 9.47 Å². The maximum absolute atomic E-state index is 13.1. The fraction of sp³-hybridized carbons (Fsp3) is 0.647. The van der Waals surface area contributed by atoms with Gasteiger partial charge in [-0.3, -0.25) is 0 Å². The van der Waals surface area contributed by atoms with Gasteiger partial charge in [-0.05, 0) is 26.3 Å². The standard InChI is InChI=1S/C17H26N2O4S/c1-13-9-18(10-14(2)22-13)24(20,21)19-11-15(3)23-17(12-19)16-7-5-4-6-8-16/h4-8,13-15,17H,9-12H2,1-3H3. The van der Waals surface area contributed by atoms with Crippen molar-refractivity contribution in [2.45, 2.75) is 45.2 Å². The summed E-state index contributed by atoms with van der Waals surface area (Å²) >= 11 is 0. The number of morpholine rings is 2. The molecule has 6 nitrogen and oxygen atoms in total. The van der Waals surface area contributed by atoms with E-state index < -0.39 is 10.2 Å². The molecular formula is C17H26N2O4S. The molecule has 4 atom stereocenters. The molecule has 0 N–H and O–H groups in total. The largest absolute Gasteiger partial charge is 0.373 e. The molecule has 2 aliphatic rings. The predicted molar refractivity (Wildman–Crippen MR) is 91.8 cm³/mol. The number of hydrogen-bond donors (Lipinski definition) is 0. The van der Waals surface area contributed by atoms with E-state index in [9.17, 15) is 8.42 Å². The van der Waals surface area contributed by atoms with Crippen molar-refractivity contribution in [2.24, 2.45) is 0 Å². The molecule has 24 heavy (non-hydrogen) atoms.